The summed E-state index contributed by atoms with van der Waals surface area (Å²) in [6.45, 7) is 3.03. The predicted octanol–water partition coefficient (Wildman–Crippen LogP) is -0.890. The van der Waals surface area contributed by atoms with Crippen LogP contribution in [0.5, 0.6) is 0 Å². The van der Waals surface area contributed by atoms with Gasteiger partial charge >= 0.3 is 0 Å². The van der Waals surface area contributed by atoms with Gasteiger partial charge in [0, 0.05) is 12.2 Å². The summed E-state index contributed by atoms with van der Waals surface area (Å²) in [5.41, 5.74) is 12.1. The van der Waals surface area contributed by atoms with Gasteiger partial charge in [-0.25, -0.2) is 9.97 Å². The molecule has 8 heteroatoms. The van der Waals surface area contributed by atoms with Crippen molar-refractivity contribution in [2.45, 2.75) is 13.0 Å². The van der Waals surface area contributed by atoms with Crippen molar-refractivity contribution in [3.8, 4) is 0 Å². The van der Waals surface area contributed by atoms with Gasteiger partial charge in [0.2, 0.25) is 11.9 Å². The van der Waals surface area contributed by atoms with E-state index in [-0.39, 0.29) is 11.6 Å². The fourth-order valence-electron chi connectivity index (χ4n) is 1.89. The molecule has 1 aliphatic heterocycles. The minimum atomic E-state index is -0.574. The molecule has 0 saturated carbocycles. The number of carbonyl (C=O) groups excluding carboxylic acids is 1. The molecule has 2 rings (SSSR count). The average Bonchev–Trinajstić information content (AvgIpc) is 2.37. The molecule has 0 aliphatic carbocycles. The number of aryl methyl sites for hydroxylation is 1. The van der Waals surface area contributed by atoms with E-state index in [9.17, 15) is 4.79 Å². The lowest BCUT2D eigenvalue weighted by molar-refractivity contribution is -0.121. The van der Waals surface area contributed by atoms with Gasteiger partial charge in [-0.05, 0) is 13.0 Å². The van der Waals surface area contributed by atoms with Crippen LogP contribution in [-0.4, -0.2) is 46.7 Å². The minimum absolute atomic E-state index is 0.190. The van der Waals surface area contributed by atoms with Crippen LogP contribution in [0.4, 0.5) is 5.95 Å². The maximum atomic E-state index is 11.4. The van der Waals surface area contributed by atoms with Gasteiger partial charge in [-0.1, -0.05) is 12.2 Å². The van der Waals surface area contributed by atoms with Gasteiger partial charge < -0.3 is 21.1 Å². The first kappa shape index (κ1) is 13.6. The zero-order valence-corrected chi connectivity index (χ0v) is 11.3. The second-order valence-corrected chi connectivity index (χ2v) is 4.69. The number of amides is 1. The van der Waals surface area contributed by atoms with E-state index in [0.29, 0.717) is 24.8 Å². The molecular weight excluding hydrogens is 266 g/mol. The Hall–Kier alpha value is -1.80. The van der Waals surface area contributed by atoms with Gasteiger partial charge in [-0.15, -0.1) is 0 Å². The Kier molecular flexibility index (Phi) is 3.91. The van der Waals surface area contributed by atoms with Gasteiger partial charge in [0.25, 0.3) is 0 Å². The van der Waals surface area contributed by atoms with Gasteiger partial charge in [0.15, 0.2) is 0 Å². The lowest BCUT2D eigenvalue weighted by Crippen LogP contribution is -2.53. The summed E-state index contributed by atoms with van der Waals surface area (Å²) in [4.78, 5) is 21.9. The van der Waals surface area contributed by atoms with Crippen LogP contribution in [0.3, 0.4) is 0 Å². The maximum absolute atomic E-state index is 11.4. The number of hydrogen-bond donors (Lipinski definition) is 2. The normalized spacial score (nSPS) is 19.2. The molecule has 1 aromatic heterocycles. The topological polar surface area (TPSA) is 107 Å². The number of nitrogens with two attached hydrogens (primary N) is 2. The van der Waals surface area contributed by atoms with Gasteiger partial charge in [0.05, 0.1) is 13.2 Å². The van der Waals surface area contributed by atoms with Gasteiger partial charge in [0.1, 0.15) is 16.7 Å². The molecule has 1 amide bonds. The Morgan fingerprint density at radius 3 is 2.89 bits per heavy atom. The largest absolute Gasteiger partial charge is 0.388 e. The highest BCUT2D eigenvalue weighted by Crippen LogP contribution is 2.16. The molecule has 1 unspecified atom stereocenters. The molecule has 1 fully saturated rings. The number of rotatable bonds is 3. The molecule has 19 heavy (non-hydrogen) atoms. The number of carbonyl (C=O) groups is 1. The molecule has 1 aromatic rings. The fraction of sp³-hybridized carbons (Fsp3) is 0.455. The third kappa shape index (κ3) is 2.96. The van der Waals surface area contributed by atoms with Crippen molar-refractivity contribution in [2.24, 2.45) is 11.5 Å². The monoisotopic (exact) mass is 281 g/mol. The number of primary amides is 1. The Morgan fingerprint density at radius 1 is 1.53 bits per heavy atom. The van der Waals surface area contributed by atoms with Gasteiger partial charge in [-0.2, -0.15) is 0 Å². The molecular formula is C11H15N5O2S. The summed E-state index contributed by atoms with van der Waals surface area (Å²) < 4.78 is 5.25. The summed E-state index contributed by atoms with van der Waals surface area (Å²) in [6, 6.07) is 1.13. The first-order valence-electron chi connectivity index (χ1n) is 5.78. The number of nitrogens with zero attached hydrogens (tertiary/aromatic N) is 3. The Bertz CT molecular complexity index is 522. The van der Waals surface area contributed by atoms with E-state index in [4.69, 9.17) is 28.4 Å². The first-order valence-corrected chi connectivity index (χ1v) is 6.19. The Morgan fingerprint density at radius 2 is 2.26 bits per heavy atom. The van der Waals surface area contributed by atoms with Crippen molar-refractivity contribution in [2.75, 3.05) is 24.7 Å². The van der Waals surface area contributed by atoms with E-state index in [1.165, 1.54) is 0 Å². The summed E-state index contributed by atoms with van der Waals surface area (Å²) in [7, 11) is 0. The van der Waals surface area contributed by atoms with Crippen LogP contribution < -0.4 is 16.4 Å². The second-order valence-electron chi connectivity index (χ2n) is 4.25. The van der Waals surface area contributed by atoms with Crippen LogP contribution >= 0.6 is 12.2 Å². The summed E-state index contributed by atoms with van der Waals surface area (Å²) in [5.74, 6) is -0.0726. The summed E-state index contributed by atoms with van der Waals surface area (Å²) in [6.07, 6.45) is 0. The average molecular weight is 281 g/mol. The maximum Gasteiger partial charge on any atom is 0.242 e. The number of morpholine rings is 1. The third-order valence-electron chi connectivity index (χ3n) is 2.81. The summed E-state index contributed by atoms with van der Waals surface area (Å²) >= 11 is 4.92. The molecule has 0 aromatic carbocycles. The molecule has 0 radical (unpaired) electrons. The third-order valence-corrected chi connectivity index (χ3v) is 3.02. The van der Waals surface area contributed by atoms with Crippen molar-refractivity contribution in [1.82, 2.24) is 9.97 Å². The molecule has 2 heterocycles. The lowest BCUT2D eigenvalue weighted by atomic mass is 10.2. The van der Waals surface area contributed by atoms with Crippen LogP contribution in [0.2, 0.25) is 0 Å². The van der Waals surface area contributed by atoms with Crippen LogP contribution in [0.15, 0.2) is 6.07 Å². The molecule has 1 atom stereocenters. The van der Waals surface area contributed by atoms with E-state index in [2.05, 4.69) is 9.97 Å². The first-order chi connectivity index (χ1) is 8.99. The van der Waals surface area contributed by atoms with E-state index < -0.39 is 11.9 Å². The zero-order chi connectivity index (χ0) is 14.0. The second kappa shape index (κ2) is 5.45. The smallest absolute Gasteiger partial charge is 0.242 e. The number of anilines is 1. The van der Waals surface area contributed by atoms with E-state index in [0.717, 1.165) is 5.69 Å². The number of ether oxygens (including phenoxy) is 1. The Balaban J connectivity index is 2.38. The molecule has 7 nitrogen and oxygen atoms in total. The quantitative estimate of drug-likeness (QED) is 0.692. The van der Waals surface area contributed by atoms with Crippen molar-refractivity contribution < 1.29 is 9.53 Å². The van der Waals surface area contributed by atoms with Crippen molar-refractivity contribution in [1.29, 1.82) is 0 Å². The fourth-order valence-corrected chi connectivity index (χ4v) is 1.99. The van der Waals surface area contributed by atoms with Crippen LogP contribution in [0, 0.1) is 6.92 Å². The number of hydrogen-bond acceptors (Lipinski definition) is 6. The molecule has 1 saturated heterocycles. The lowest BCUT2D eigenvalue weighted by Gasteiger charge is -2.33. The molecule has 4 N–H and O–H groups in total. The van der Waals surface area contributed by atoms with Crippen LogP contribution in [-0.2, 0) is 9.53 Å². The standard InChI is InChI=1S/C11H15N5O2S/c1-6-4-7(10(13)19)15-11(14-6)16-2-3-18-5-8(16)9(12)17/h4,8H,2-3,5H2,1H3,(H2,12,17)(H2,13,19). The van der Waals surface area contributed by atoms with Crippen molar-refractivity contribution >= 4 is 29.1 Å². The van der Waals surface area contributed by atoms with E-state index in [1.54, 1.807) is 11.0 Å². The highest BCUT2D eigenvalue weighted by Gasteiger charge is 2.30. The van der Waals surface area contributed by atoms with Crippen molar-refractivity contribution in [3.63, 3.8) is 0 Å². The van der Waals surface area contributed by atoms with Crippen LogP contribution in [0.25, 0.3) is 0 Å². The highest BCUT2D eigenvalue weighted by molar-refractivity contribution is 7.80. The molecule has 0 bridgehead atoms. The van der Waals surface area contributed by atoms with E-state index in [1.807, 2.05) is 6.92 Å². The summed E-state index contributed by atoms with van der Waals surface area (Å²) in [5, 5.41) is 0. The Labute approximate surface area is 115 Å². The minimum Gasteiger partial charge on any atom is -0.388 e. The number of aromatic nitrogens is 2. The highest BCUT2D eigenvalue weighted by atomic mass is 32.1. The molecule has 1 aliphatic rings. The predicted molar refractivity (Wildman–Crippen MR) is 73.8 cm³/mol. The van der Waals surface area contributed by atoms with Gasteiger partial charge in [-0.3, -0.25) is 4.79 Å². The van der Waals surface area contributed by atoms with Crippen molar-refractivity contribution in [3.05, 3.63) is 17.5 Å². The molecule has 0 spiro atoms. The van der Waals surface area contributed by atoms with Crippen LogP contribution in [0.1, 0.15) is 11.4 Å². The zero-order valence-electron chi connectivity index (χ0n) is 10.5. The SMILES string of the molecule is Cc1cc(C(N)=S)nc(N2CCOCC2C(N)=O)n1. The molecule has 102 valence electrons. The number of thiocarbonyl (C=S) groups is 1. The van der Waals surface area contributed by atoms with E-state index >= 15 is 0 Å².